The van der Waals surface area contributed by atoms with Gasteiger partial charge in [-0.3, -0.25) is 9.59 Å². The van der Waals surface area contributed by atoms with E-state index in [2.05, 4.69) is 21.2 Å². The fraction of sp³-hybridized carbons (Fsp3) is 0.222. The highest BCUT2D eigenvalue weighted by Gasteiger charge is 2.35. The fourth-order valence-corrected chi connectivity index (χ4v) is 2.95. The van der Waals surface area contributed by atoms with Crippen molar-refractivity contribution in [2.75, 3.05) is 23.9 Å². The molecular weight excluding hydrogens is 372 g/mol. The molecule has 2 aromatic rings. The van der Waals surface area contributed by atoms with E-state index >= 15 is 0 Å². The number of amides is 2. The van der Waals surface area contributed by atoms with Crippen LogP contribution in [-0.2, 0) is 9.59 Å². The molecule has 0 aliphatic carbocycles. The molecule has 1 fully saturated rings. The number of methoxy groups -OCH3 is 1. The summed E-state index contributed by atoms with van der Waals surface area (Å²) in [5.41, 5.74) is 1.47. The first-order valence-electron chi connectivity index (χ1n) is 7.57. The van der Waals surface area contributed by atoms with Gasteiger partial charge in [-0.2, -0.15) is 0 Å². The van der Waals surface area contributed by atoms with Crippen LogP contribution in [0.2, 0.25) is 0 Å². The van der Waals surface area contributed by atoms with Crippen LogP contribution >= 0.6 is 15.9 Å². The second-order valence-electron chi connectivity index (χ2n) is 5.60. The van der Waals surface area contributed by atoms with E-state index in [9.17, 15) is 9.59 Å². The topological polar surface area (TPSA) is 58.6 Å². The Hall–Kier alpha value is -2.34. The number of rotatable bonds is 4. The molecule has 1 heterocycles. The molecule has 1 aliphatic heterocycles. The Morgan fingerprint density at radius 2 is 2.00 bits per heavy atom. The van der Waals surface area contributed by atoms with Crippen molar-refractivity contribution in [2.45, 2.75) is 6.42 Å². The number of hydrogen-bond acceptors (Lipinski definition) is 3. The van der Waals surface area contributed by atoms with Gasteiger partial charge in [0.15, 0.2) is 0 Å². The number of benzene rings is 2. The lowest BCUT2D eigenvalue weighted by atomic mass is 10.1. The van der Waals surface area contributed by atoms with Crippen LogP contribution in [0, 0.1) is 5.92 Å². The van der Waals surface area contributed by atoms with Gasteiger partial charge in [0.25, 0.3) is 0 Å². The maximum atomic E-state index is 12.4. The molecule has 1 N–H and O–H groups in total. The Bertz CT molecular complexity index is 761. The van der Waals surface area contributed by atoms with E-state index in [1.54, 1.807) is 18.1 Å². The summed E-state index contributed by atoms with van der Waals surface area (Å²) in [7, 11) is 1.58. The number of hydrogen-bond donors (Lipinski definition) is 1. The molecule has 2 amide bonds. The summed E-state index contributed by atoms with van der Waals surface area (Å²) in [4.78, 5) is 26.3. The average Bonchev–Trinajstić information content (AvgIpc) is 2.99. The SMILES string of the molecule is COc1cccc(N2C[C@H](C(=O)Nc3ccc(Br)cc3)CC2=O)c1. The molecule has 2 aromatic carbocycles. The molecule has 24 heavy (non-hydrogen) atoms. The molecule has 0 bridgehead atoms. The molecule has 0 aromatic heterocycles. The maximum Gasteiger partial charge on any atom is 0.229 e. The van der Waals surface area contributed by atoms with Gasteiger partial charge in [-0.15, -0.1) is 0 Å². The van der Waals surface area contributed by atoms with Gasteiger partial charge < -0.3 is 15.0 Å². The minimum Gasteiger partial charge on any atom is -0.497 e. The predicted molar refractivity (Wildman–Crippen MR) is 96.2 cm³/mol. The zero-order chi connectivity index (χ0) is 17.1. The molecule has 1 atom stereocenters. The second-order valence-corrected chi connectivity index (χ2v) is 6.52. The Kier molecular flexibility index (Phi) is 4.85. The van der Waals surface area contributed by atoms with Crippen LogP contribution in [0.4, 0.5) is 11.4 Å². The van der Waals surface area contributed by atoms with Crippen molar-refractivity contribution >= 4 is 39.1 Å². The van der Waals surface area contributed by atoms with Crippen molar-refractivity contribution in [3.8, 4) is 5.75 Å². The molecular formula is C18H17BrN2O3. The summed E-state index contributed by atoms with van der Waals surface area (Å²) >= 11 is 3.36. The molecule has 0 radical (unpaired) electrons. The van der Waals surface area contributed by atoms with E-state index in [0.717, 1.165) is 15.8 Å². The quantitative estimate of drug-likeness (QED) is 0.872. The summed E-state index contributed by atoms with van der Waals surface area (Å²) < 4.78 is 6.14. The van der Waals surface area contributed by atoms with Gasteiger partial charge in [-0.05, 0) is 36.4 Å². The van der Waals surface area contributed by atoms with Crippen LogP contribution in [0.3, 0.4) is 0 Å². The van der Waals surface area contributed by atoms with Crippen LogP contribution in [0.5, 0.6) is 5.75 Å². The number of carbonyl (C=O) groups excluding carboxylic acids is 2. The molecule has 1 saturated heterocycles. The van der Waals surface area contributed by atoms with Crippen molar-refractivity contribution in [1.29, 1.82) is 0 Å². The van der Waals surface area contributed by atoms with E-state index in [-0.39, 0.29) is 24.2 Å². The average molecular weight is 389 g/mol. The van der Waals surface area contributed by atoms with E-state index in [4.69, 9.17) is 4.74 Å². The van der Waals surface area contributed by atoms with Crippen molar-refractivity contribution in [1.82, 2.24) is 0 Å². The fourth-order valence-electron chi connectivity index (χ4n) is 2.69. The van der Waals surface area contributed by atoms with Crippen molar-refractivity contribution in [2.24, 2.45) is 5.92 Å². The minimum absolute atomic E-state index is 0.0563. The number of halogens is 1. The molecule has 0 spiro atoms. The highest BCUT2D eigenvalue weighted by Crippen LogP contribution is 2.28. The highest BCUT2D eigenvalue weighted by atomic mass is 79.9. The smallest absolute Gasteiger partial charge is 0.229 e. The summed E-state index contributed by atoms with van der Waals surface area (Å²) in [6.07, 6.45) is 0.208. The third-order valence-corrected chi connectivity index (χ3v) is 4.50. The molecule has 5 nitrogen and oxygen atoms in total. The number of ether oxygens (including phenoxy) is 1. The van der Waals surface area contributed by atoms with E-state index in [1.807, 2.05) is 42.5 Å². The lowest BCUT2D eigenvalue weighted by molar-refractivity contribution is -0.122. The maximum absolute atomic E-state index is 12.4. The van der Waals surface area contributed by atoms with E-state index < -0.39 is 0 Å². The number of nitrogens with one attached hydrogen (secondary N) is 1. The van der Waals surface area contributed by atoms with Crippen LogP contribution < -0.4 is 15.0 Å². The monoisotopic (exact) mass is 388 g/mol. The van der Waals surface area contributed by atoms with Gasteiger partial charge in [0.2, 0.25) is 11.8 Å². The zero-order valence-corrected chi connectivity index (χ0v) is 14.7. The van der Waals surface area contributed by atoms with Crippen LogP contribution in [0.25, 0.3) is 0 Å². The molecule has 124 valence electrons. The molecule has 3 rings (SSSR count). The largest absolute Gasteiger partial charge is 0.497 e. The normalized spacial score (nSPS) is 17.0. The highest BCUT2D eigenvalue weighted by molar-refractivity contribution is 9.10. The first-order chi connectivity index (χ1) is 11.6. The molecule has 0 saturated carbocycles. The first-order valence-corrected chi connectivity index (χ1v) is 8.37. The van der Waals surface area contributed by atoms with E-state index in [0.29, 0.717) is 12.3 Å². The van der Waals surface area contributed by atoms with Gasteiger partial charge in [0.1, 0.15) is 5.75 Å². The second kappa shape index (κ2) is 7.05. The molecule has 0 unspecified atom stereocenters. The third-order valence-electron chi connectivity index (χ3n) is 3.97. The van der Waals surface area contributed by atoms with Gasteiger partial charge >= 0.3 is 0 Å². The van der Waals surface area contributed by atoms with Crippen LogP contribution in [0.15, 0.2) is 53.0 Å². The molecule has 6 heteroatoms. The number of anilines is 2. The Morgan fingerprint density at radius 1 is 1.25 bits per heavy atom. The predicted octanol–water partition coefficient (Wildman–Crippen LogP) is 3.45. The van der Waals surface area contributed by atoms with E-state index in [1.165, 1.54) is 0 Å². The summed E-state index contributed by atoms with van der Waals surface area (Å²) in [5.74, 6) is 0.116. The Balaban J connectivity index is 1.69. The molecule has 1 aliphatic rings. The lowest BCUT2D eigenvalue weighted by Gasteiger charge is -2.17. The van der Waals surface area contributed by atoms with Crippen LogP contribution in [-0.4, -0.2) is 25.5 Å². The Morgan fingerprint density at radius 3 is 2.71 bits per heavy atom. The van der Waals surface area contributed by atoms with Crippen molar-refractivity contribution < 1.29 is 14.3 Å². The zero-order valence-electron chi connectivity index (χ0n) is 13.2. The van der Waals surface area contributed by atoms with Gasteiger partial charge in [-0.25, -0.2) is 0 Å². The summed E-state index contributed by atoms with van der Waals surface area (Å²) in [6.45, 7) is 0.369. The lowest BCUT2D eigenvalue weighted by Crippen LogP contribution is -2.28. The number of carbonyl (C=O) groups is 2. The number of nitrogens with zero attached hydrogens (tertiary/aromatic N) is 1. The van der Waals surface area contributed by atoms with Gasteiger partial charge in [0.05, 0.1) is 13.0 Å². The Labute approximate surface area is 148 Å². The first kappa shape index (κ1) is 16.5. The van der Waals surface area contributed by atoms with Crippen molar-refractivity contribution in [3.05, 3.63) is 53.0 Å². The third kappa shape index (κ3) is 3.59. The minimum atomic E-state index is -0.368. The standard InChI is InChI=1S/C18H17BrN2O3/c1-24-16-4-2-3-15(10-16)21-11-12(9-17(21)22)18(23)20-14-7-5-13(19)6-8-14/h2-8,10,12H,9,11H2,1H3,(H,20,23)/t12-/m1/s1. The van der Waals surface area contributed by atoms with Gasteiger partial charge in [0, 0.05) is 34.9 Å². The van der Waals surface area contributed by atoms with Crippen LogP contribution in [0.1, 0.15) is 6.42 Å². The summed E-state index contributed by atoms with van der Waals surface area (Å²) in [5, 5.41) is 2.86. The van der Waals surface area contributed by atoms with Gasteiger partial charge in [-0.1, -0.05) is 22.0 Å². The van der Waals surface area contributed by atoms with Crippen molar-refractivity contribution in [3.63, 3.8) is 0 Å². The summed E-state index contributed by atoms with van der Waals surface area (Å²) in [6, 6.07) is 14.6.